The summed E-state index contributed by atoms with van der Waals surface area (Å²) >= 11 is 12.4. The SMILES string of the molecule is Cn1cncc1-c1nc(Cl)c(-c2ccccc2F)c(Cl)n1. The van der Waals surface area contributed by atoms with E-state index in [1.807, 2.05) is 0 Å². The van der Waals surface area contributed by atoms with Crippen molar-refractivity contribution in [2.24, 2.45) is 7.05 Å². The van der Waals surface area contributed by atoms with Gasteiger partial charge in [0.25, 0.3) is 0 Å². The highest BCUT2D eigenvalue weighted by Gasteiger charge is 2.18. The van der Waals surface area contributed by atoms with Gasteiger partial charge in [-0.3, -0.25) is 0 Å². The van der Waals surface area contributed by atoms with Crippen LogP contribution in [-0.2, 0) is 7.05 Å². The number of hydrogen-bond donors (Lipinski definition) is 0. The summed E-state index contributed by atoms with van der Waals surface area (Å²) in [6, 6.07) is 6.19. The first-order chi connectivity index (χ1) is 10.1. The maximum Gasteiger partial charge on any atom is 0.180 e. The molecule has 0 aliphatic carbocycles. The van der Waals surface area contributed by atoms with Crippen LogP contribution in [0, 0.1) is 5.82 Å². The highest BCUT2D eigenvalue weighted by Crippen LogP contribution is 2.35. The fourth-order valence-electron chi connectivity index (χ4n) is 1.98. The molecule has 0 aliphatic rings. The van der Waals surface area contributed by atoms with Gasteiger partial charge in [-0.2, -0.15) is 0 Å². The minimum Gasteiger partial charge on any atom is -0.331 e. The Labute approximate surface area is 130 Å². The van der Waals surface area contributed by atoms with Crippen LogP contribution in [0.15, 0.2) is 36.8 Å². The molecule has 2 heterocycles. The van der Waals surface area contributed by atoms with Crippen molar-refractivity contribution in [3.8, 4) is 22.6 Å². The highest BCUT2D eigenvalue weighted by molar-refractivity contribution is 6.37. The Bertz CT molecular complexity index is 793. The summed E-state index contributed by atoms with van der Waals surface area (Å²) in [5, 5.41) is 0.188. The molecule has 106 valence electrons. The zero-order valence-electron chi connectivity index (χ0n) is 10.9. The zero-order valence-corrected chi connectivity index (χ0v) is 12.4. The van der Waals surface area contributed by atoms with Crippen molar-refractivity contribution in [2.45, 2.75) is 0 Å². The Morgan fingerprint density at radius 3 is 2.33 bits per heavy atom. The molecular weight excluding hydrogens is 314 g/mol. The van der Waals surface area contributed by atoms with Gasteiger partial charge in [0.15, 0.2) is 5.82 Å². The topological polar surface area (TPSA) is 43.6 Å². The van der Waals surface area contributed by atoms with Gasteiger partial charge in [0.2, 0.25) is 0 Å². The summed E-state index contributed by atoms with van der Waals surface area (Å²) in [5.74, 6) is -0.0942. The van der Waals surface area contributed by atoms with E-state index in [0.717, 1.165) is 0 Å². The second kappa shape index (κ2) is 5.42. The van der Waals surface area contributed by atoms with Gasteiger partial charge < -0.3 is 4.57 Å². The average Bonchev–Trinajstić information content (AvgIpc) is 2.86. The van der Waals surface area contributed by atoms with Crippen LogP contribution in [0.2, 0.25) is 10.3 Å². The summed E-state index contributed by atoms with van der Waals surface area (Å²) in [7, 11) is 1.80. The van der Waals surface area contributed by atoms with Gasteiger partial charge >= 0.3 is 0 Å². The van der Waals surface area contributed by atoms with E-state index in [1.165, 1.54) is 6.07 Å². The molecule has 0 atom stereocenters. The number of imidazole rings is 1. The molecular formula is C14H9Cl2FN4. The first-order valence-corrected chi connectivity index (χ1v) is 6.78. The molecule has 0 aliphatic heterocycles. The smallest absolute Gasteiger partial charge is 0.180 e. The van der Waals surface area contributed by atoms with Crippen LogP contribution < -0.4 is 0 Å². The average molecular weight is 323 g/mol. The lowest BCUT2D eigenvalue weighted by Crippen LogP contribution is -1.99. The third-order valence-electron chi connectivity index (χ3n) is 3.01. The molecule has 1 aromatic carbocycles. The molecule has 3 aromatic rings. The Kier molecular flexibility index (Phi) is 3.61. The lowest BCUT2D eigenvalue weighted by atomic mass is 10.1. The second-order valence-electron chi connectivity index (χ2n) is 4.37. The molecule has 0 saturated carbocycles. The molecule has 0 unspecified atom stereocenters. The Morgan fingerprint density at radius 1 is 1.10 bits per heavy atom. The van der Waals surface area contributed by atoms with Crippen molar-refractivity contribution in [1.82, 2.24) is 19.5 Å². The lowest BCUT2D eigenvalue weighted by Gasteiger charge is -2.09. The van der Waals surface area contributed by atoms with Crippen LogP contribution in [0.1, 0.15) is 0 Å². The zero-order chi connectivity index (χ0) is 15.0. The van der Waals surface area contributed by atoms with Crippen LogP contribution in [0.25, 0.3) is 22.6 Å². The van der Waals surface area contributed by atoms with Gasteiger partial charge in [0, 0.05) is 12.6 Å². The number of hydrogen-bond acceptors (Lipinski definition) is 3. The third kappa shape index (κ3) is 2.50. The van der Waals surface area contributed by atoms with Crippen LogP contribution in [0.4, 0.5) is 4.39 Å². The molecule has 0 radical (unpaired) electrons. The first-order valence-electron chi connectivity index (χ1n) is 6.02. The van der Waals surface area contributed by atoms with E-state index in [1.54, 1.807) is 42.3 Å². The first kappa shape index (κ1) is 14.0. The van der Waals surface area contributed by atoms with E-state index >= 15 is 0 Å². The molecule has 0 N–H and O–H groups in total. The third-order valence-corrected chi connectivity index (χ3v) is 3.56. The summed E-state index contributed by atoms with van der Waals surface area (Å²) in [6.07, 6.45) is 3.22. The minimum absolute atomic E-state index is 0.0938. The molecule has 0 saturated heterocycles. The summed E-state index contributed by atoms with van der Waals surface area (Å²) in [6.45, 7) is 0. The summed E-state index contributed by atoms with van der Waals surface area (Å²) in [5.41, 5.74) is 1.21. The Hall–Kier alpha value is -1.98. The maximum absolute atomic E-state index is 13.9. The molecule has 0 amide bonds. The van der Waals surface area contributed by atoms with E-state index in [2.05, 4.69) is 15.0 Å². The van der Waals surface area contributed by atoms with Crippen LogP contribution in [0.5, 0.6) is 0 Å². The van der Waals surface area contributed by atoms with Gasteiger partial charge in [0.1, 0.15) is 21.8 Å². The van der Waals surface area contributed by atoms with Crippen molar-refractivity contribution >= 4 is 23.2 Å². The van der Waals surface area contributed by atoms with Crippen molar-refractivity contribution in [1.29, 1.82) is 0 Å². The second-order valence-corrected chi connectivity index (χ2v) is 5.09. The largest absolute Gasteiger partial charge is 0.331 e. The number of rotatable bonds is 2. The highest BCUT2D eigenvalue weighted by atomic mass is 35.5. The molecule has 7 heteroatoms. The van der Waals surface area contributed by atoms with E-state index in [-0.39, 0.29) is 21.4 Å². The maximum atomic E-state index is 13.9. The number of nitrogens with zero attached hydrogens (tertiary/aromatic N) is 4. The molecule has 3 rings (SSSR count). The fourth-order valence-corrected chi connectivity index (χ4v) is 2.57. The monoisotopic (exact) mass is 322 g/mol. The Balaban J connectivity index is 2.18. The summed E-state index contributed by atoms with van der Waals surface area (Å²) in [4.78, 5) is 12.4. The van der Waals surface area contributed by atoms with E-state index < -0.39 is 5.82 Å². The predicted octanol–water partition coefficient (Wildman–Crippen LogP) is 3.99. The normalized spacial score (nSPS) is 10.9. The standard InChI is InChI=1S/C14H9Cl2FN4/c1-21-7-18-6-10(21)14-19-12(15)11(13(16)20-14)8-4-2-3-5-9(8)17/h2-7H,1H3. The van der Waals surface area contributed by atoms with Crippen LogP contribution in [-0.4, -0.2) is 19.5 Å². The van der Waals surface area contributed by atoms with Gasteiger partial charge in [-0.05, 0) is 6.07 Å². The lowest BCUT2D eigenvalue weighted by molar-refractivity contribution is 0.631. The quantitative estimate of drug-likeness (QED) is 0.670. The molecule has 0 fully saturated rings. The summed E-state index contributed by atoms with van der Waals surface area (Å²) < 4.78 is 15.6. The fraction of sp³-hybridized carbons (Fsp3) is 0.0714. The Morgan fingerprint density at radius 2 is 1.76 bits per heavy atom. The van der Waals surface area contributed by atoms with Crippen molar-refractivity contribution in [3.05, 3.63) is 52.9 Å². The molecule has 2 aromatic heterocycles. The molecule has 0 spiro atoms. The van der Waals surface area contributed by atoms with Crippen LogP contribution >= 0.6 is 23.2 Å². The minimum atomic E-state index is -0.432. The van der Waals surface area contributed by atoms with Gasteiger partial charge in [-0.1, -0.05) is 41.4 Å². The van der Waals surface area contributed by atoms with E-state index in [9.17, 15) is 4.39 Å². The number of benzene rings is 1. The van der Waals surface area contributed by atoms with E-state index in [0.29, 0.717) is 11.5 Å². The van der Waals surface area contributed by atoms with Gasteiger partial charge in [-0.25, -0.2) is 19.3 Å². The van der Waals surface area contributed by atoms with Crippen molar-refractivity contribution in [2.75, 3.05) is 0 Å². The van der Waals surface area contributed by atoms with Crippen molar-refractivity contribution < 1.29 is 4.39 Å². The predicted molar refractivity (Wildman–Crippen MR) is 79.6 cm³/mol. The number of aryl methyl sites for hydroxylation is 1. The molecule has 0 bridgehead atoms. The molecule has 21 heavy (non-hydrogen) atoms. The number of aromatic nitrogens is 4. The van der Waals surface area contributed by atoms with Gasteiger partial charge in [0.05, 0.1) is 18.1 Å². The van der Waals surface area contributed by atoms with Crippen molar-refractivity contribution in [3.63, 3.8) is 0 Å². The van der Waals surface area contributed by atoms with Gasteiger partial charge in [-0.15, -0.1) is 0 Å². The molecule has 4 nitrogen and oxygen atoms in total. The van der Waals surface area contributed by atoms with Crippen LogP contribution in [0.3, 0.4) is 0 Å². The number of halogens is 3. The van der Waals surface area contributed by atoms with E-state index in [4.69, 9.17) is 23.2 Å².